The van der Waals surface area contributed by atoms with Crippen LogP contribution in [0.4, 0.5) is 17.1 Å². The second-order valence-corrected chi connectivity index (χ2v) is 9.18. The van der Waals surface area contributed by atoms with Crippen molar-refractivity contribution in [2.45, 2.75) is 4.90 Å². The molecule has 0 saturated carbocycles. The number of aromatic nitrogens is 2. The van der Waals surface area contributed by atoms with Crippen LogP contribution < -0.4 is 9.62 Å². The molecule has 1 N–H and O–H groups in total. The Morgan fingerprint density at radius 1 is 1.00 bits per heavy atom. The molecular weight excluding hydrogens is 458 g/mol. The highest BCUT2D eigenvalue weighted by atomic mass is 32.2. The standard InChI is InChI=1S/C23H19N5O5S/c1-26(18-8-3-2-4-9-18)34(32,33)21-12-5-7-17(15-21)24-23(29)22-13-14-27(25-22)19-10-6-11-20(16-19)28(30)31/h2-16H,1H3,(H,24,29). The Balaban J connectivity index is 1.53. The van der Waals surface area contributed by atoms with E-state index in [0.717, 1.165) is 4.31 Å². The van der Waals surface area contributed by atoms with E-state index < -0.39 is 20.9 Å². The minimum absolute atomic E-state index is 0.0128. The van der Waals surface area contributed by atoms with Gasteiger partial charge in [0.1, 0.15) is 0 Å². The molecule has 4 aromatic rings. The minimum Gasteiger partial charge on any atom is -0.321 e. The fraction of sp³-hybridized carbons (Fsp3) is 0.0435. The molecule has 1 aromatic heterocycles. The second-order valence-electron chi connectivity index (χ2n) is 7.21. The molecule has 10 nitrogen and oxygen atoms in total. The van der Waals surface area contributed by atoms with Gasteiger partial charge in [-0.2, -0.15) is 5.10 Å². The zero-order valence-electron chi connectivity index (χ0n) is 17.9. The largest absolute Gasteiger partial charge is 0.321 e. The van der Waals surface area contributed by atoms with E-state index in [-0.39, 0.29) is 22.0 Å². The maximum absolute atomic E-state index is 13.0. The van der Waals surface area contributed by atoms with Gasteiger partial charge in [-0.25, -0.2) is 13.1 Å². The summed E-state index contributed by atoms with van der Waals surface area (Å²) in [5, 5.41) is 17.8. The zero-order valence-corrected chi connectivity index (χ0v) is 18.7. The number of carbonyl (C=O) groups is 1. The van der Waals surface area contributed by atoms with E-state index in [0.29, 0.717) is 11.4 Å². The van der Waals surface area contributed by atoms with Gasteiger partial charge in [0, 0.05) is 31.1 Å². The fourth-order valence-corrected chi connectivity index (χ4v) is 4.44. The highest BCUT2D eigenvalue weighted by Crippen LogP contribution is 2.24. The Morgan fingerprint density at radius 2 is 1.74 bits per heavy atom. The molecule has 3 aromatic carbocycles. The topological polar surface area (TPSA) is 127 Å². The number of nitrogens with zero attached hydrogens (tertiary/aromatic N) is 4. The van der Waals surface area contributed by atoms with Crippen molar-refractivity contribution in [3.63, 3.8) is 0 Å². The van der Waals surface area contributed by atoms with Crippen molar-refractivity contribution in [3.8, 4) is 5.69 Å². The van der Waals surface area contributed by atoms with Crippen LogP contribution in [0.25, 0.3) is 5.69 Å². The first kappa shape index (κ1) is 22.7. The SMILES string of the molecule is CN(c1ccccc1)S(=O)(=O)c1cccc(NC(=O)c2ccn(-c3cccc([N+](=O)[O-])c3)n2)c1. The lowest BCUT2D eigenvalue weighted by molar-refractivity contribution is -0.384. The summed E-state index contributed by atoms with van der Waals surface area (Å²) in [7, 11) is -2.40. The van der Waals surface area contributed by atoms with Crippen molar-refractivity contribution in [3.05, 3.63) is 107 Å². The number of carbonyl (C=O) groups excluding carboxylic acids is 1. The molecule has 0 saturated heterocycles. The van der Waals surface area contributed by atoms with E-state index in [1.54, 1.807) is 42.5 Å². The van der Waals surface area contributed by atoms with Crippen molar-refractivity contribution >= 4 is 33.0 Å². The van der Waals surface area contributed by atoms with E-state index >= 15 is 0 Å². The van der Waals surface area contributed by atoms with Gasteiger partial charge in [0.2, 0.25) is 0 Å². The summed E-state index contributed by atoms with van der Waals surface area (Å²) in [5.41, 5.74) is 1.16. The molecule has 0 bridgehead atoms. The monoisotopic (exact) mass is 477 g/mol. The Hall–Kier alpha value is -4.51. The van der Waals surface area contributed by atoms with Crippen molar-refractivity contribution < 1.29 is 18.1 Å². The summed E-state index contributed by atoms with van der Waals surface area (Å²) in [6, 6.07) is 21.8. The minimum atomic E-state index is -3.85. The van der Waals surface area contributed by atoms with Crippen LogP contribution >= 0.6 is 0 Å². The first-order chi connectivity index (χ1) is 16.3. The summed E-state index contributed by atoms with van der Waals surface area (Å²) in [6.07, 6.45) is 1.50. The van der Waals surface area contributed by atoms with Crippen LogP contribution in [-0.2, 0) is 10.0 Å². The lowest BCUT2D eigenvalue weighted by Crippen LogP contribution is -2.26. The highest BCUT2D eigenvalue weighted by Gasteiger charge is 2.22. The van der Waals surface area contributed by atoms with E-state index in [9.17, 15) is 23.3 Å². The molecule has 0 radical (unpaired) electrons. The van der Waals surface area contributed by atoms with Crippen molar-refractivity contribution in [2.75, 3.05) is 16.7 Å². The van der Waals surface area contributed by atoms with Gasteiger partial charge >= 0.3 is 0 Å². The third-order valence-corrected chi connectivity index (χ3v) is 6.78. The van der Waals surface area contributed by atoms with Crippen molar-refractivity contribution in [1.29, 1.82) is 0 Å². The summed E-state index contributed by atoms with van der Waals surface area (Å²) >= 11 is 0. The lowest BCUT2D eigenvalue weighted by atomic mass is 10.3. The van der Waals surface area contributed by atoms with Gasteiger partial charge in [0.15, 0.2) is 5.69 Å². The first-order valence-electron chi connectivity index (χ1n) is 10.0. The third-order valence-electron chi connectivity index (χ3n) is 5.00. The molecule has 34 heavy (non-hydrogen) atoms. The van der Waals surface area contributed by atoms with Gasteiger partial charge in [-0.1, -0.05) is 30.3 Å². The van der Waals surface area contributed by atoms with Crippen LogP contribution in [-0.4, -0.2) is 36.1 Å². The third kappa shape index (κ3) is 4.64. The highest BCUT2D eigenvalue weighted by molar-refractivity contribution is 7.92. The predicted octanol–water partition coefficient (Wildman–Crippen LogP) is 3.86. The predicted molar refractivity (Wildman–Crippen MR) is 127 cm³/mol. The van der Waals surface area contributed by atoms with Gasteiger partial charge in [0.25, 0.3) is 21.6 Å². The molecule has 0 unspecified atom stereocenters. The molecule has 1 amide bonds. The van der Waals surface area contributed by atoms with Crippen LogP contribution in [0.3, 0.4) is 0 Å². The van der Waals surface area contributed by atoms with E-state index in [1.807, 2.05) is 0 Å². The maximum atomic E-state index is 13.0. The van der Waals surface area contributed by atoms with Crippen LogP contribution in [0, 0.1) is 10.1 Å². The number of para-hydroxylation sites is 1. The smallest absolute Gasteiger partial charge is 0.276 e. The average Bonchev–Trinajstić information content (AvgIpc) is 3.35. The number of hydrogen-bond donors (Lipinski definition) is 1. The molecule has 0 aliphatic carbocycles. The normalized spacial score (nSPS) is 11.1. The van der Waals surface area contributed by atoms with Gasteiger partial charge in [-0.15, -0.1) is 0 Å². The van der Waals surface area contributed by atoms with Gasteiger partial charge < -0.3 is 5.32 Å². The Morgan fingerprint density at radius 3 is 2.47 bits per heavy atom. The molecular formula is C23H19N5O5S. The lowest BCUT2D eigenvalue weighted by Gasteiger charge is -2.19. The number of benzene rings is 3. The fourth-order valence-electron chi connectivity index (χ4n) is 3.20. The number of non-ortho nitro benzene ring substituents is 1. The summed E-state index contributed by atoms with van der Waals surface area (Å²) in [6.45, 7) is 0. The molecule has 0 atom stereocenters. The van der Waals surface area contributed by atoms with Crippen molar-refractivity contribution in [2.24, 2.45) is 0 Å². The molecule has 0 aliphatic heterocycles. The van der Waals surface area contributed by atoms with Gasteiger partial charge in [-0.3, -0.25) is 19.2 Å². The second kappa shape index (κ2) is 9.16. The van der Waals surface area contributed by atoms with Crippen LogP contribution in [0.1, 0.15) is 10.5 Å². The molecule has 11 heteroatoms. The first-order valence-corrected chi connectivity index (χ1v) is 11.5. The average molecular weight is 478 g/mol. The molecule has 0 spiro atoms. The number of anilines is 2. The summed E-state index contributed by atoms with van der Waals surface area (Å²) < 4.78 is 28.6. The van der Waals surface area contributed by atoms with Crippen molar-refractivity contribution in [1.82, 2.24) is 9.78 Å². The molecule has 0 aliphatic rings. The number of nitrogens with one attached hydrogen (secondary N) is 1. The summed E-state index contributed by atoms with van der Waals surface area (Å²) in [5.74, 6) is -0.560. The molecule has 172 valence electrons. The van der Waals surface area contributed by atoms with Gasteiger partial charge in [0.05, 0.1) is 21.2 Å². The van der Waals surface area contributed by atoms with E-state index in [2.05, 4.69) is 10.4 Å². The van der Waals surface area contributed by atoms with Crippen LogP contribution in [0.15, 0.2) is 96.0 Å². The van der Waals surface area contributed by atoms with E-state index in [4.69, 9.17) is 0 Å². The Bertz CT molecular complexity index is 1470. The van der Waals surface area contributed by atoms with E-state index in [1.165, 1.54) is 60.4 Å². The molecule has 4 rings (SSSR count). The summed E-state index contributed by atoms with van der Waals surface area (Å²) in [4.78, 5) is 23.2. The Kier molecular flexibility index (Phi) is 6.11. The number of nitro groups is 1. The zero-order chi connectivity index (χ0) is 24.3. The number of hydrogen-bond acceptors (Lipinski definition) is 6. The molecule has 0 fully saturated rings. The van der Waals surface area contributed by atoms with Gasteiger partial charge in [-0.05, 0) is 42.5 Å². The Labute approximate surface area is 195 Å². The number of rotatable bonds is 7. The number of amides is 1. The maximum Gasteiger partial charge on any atom is 0.276 e. The van der Waals surface area contributed by atoms with Crippen LogP contribution in [0.5, 0.6) is 0 Å². The number of nitro benzene ring substituents is 1. The quantitative estimate of drug-likeness (QED) is 0.318. The molecule has 1 heterocycles. The van der Waals surface area contributed by atoms with Crippen LogP contribution in [0.2, 0.25) is 0 Å². The number of sulfonamides is 1.